The maximum absolute atomic E-state index is 2.40. The summed E-state index contributed by atoms with van der Waals surface area (Å²) in [5.41, 5.74) is 13.9. The average molecular weight is 741 g/mol. The van der Waals surface area contributed by atoms with Gasteiger partial charge in [-0.05, 0) is 134 Å². The molecule has 10 rings (SSSR count). The van der Waals surface area contributed by atoms with Gasteiger partial charge in [-0.15, -0.1) is 0 Å². The summed E-state index contributed by atoms with van der Waals surface area (Å²) in [5, 5.41) is 5.00. The van der Waals surface area contributed by atoms with Crippen LogP contribution in [0.5, 0.6) is 0 Å². The highest BCUT2D eigenvalue weighted by Crippen LogP contribution is 2.46. The molecule has 2 heteroatoms. The van der Waals surface area contributed by atoms with Crippen molar-refractivity contribution in [3.63, 3.8) is 0 Å². The molecule has 10 aromatic rings. The summed E-state index contributed by atoms with van der Waals surface area (Å²) in [6, 6.07) is 87.1. The van der Waals surface area contributed by atoms with Gasteiger partial charge in [-0.1, -0.05) is 164 Å². The van der Waals surface area contributed by atoms with Crippen LogP contribution in [0.3, 0.4) is 0 Å². The average Bonchev–Trinajstić information content (AvgIpc) is 3.30. The van der Waals surface area contributed by atoms with Crippen LogP contribution in [0.1, 0.15) is 0 Å². The third-order valence-electron chi connectivity index (χ3n) is 11.0. The van der Waals surface area contributed by atoms with Gasteiger partial charge in [0.2, 0.25) is 0 Å². The van der Waals surface area contributed by atoms with Gasteiger partial charge in [0.15, 0.2) is 0 Å². The van der Waals surface area contributed by atoms with Crippen molar-refractivity contribution < 1.29 is 0 Å². The minimum Gasteiger partial charge on any atom is -0.311 e. The Kier molecular flexibility index (Phi) is 9.27. The SMILES string of the molecule is c1ccc(-c2c3ccccc3c(-c3ccccc3)c3cc(-c4cccc(N(c5ccccc5)c5ccc(N(c6ccccc6)c6ccccc6)cc5)c4)ccc23)cc1. The fourth-order valence-corrected chi connectivity index (χ4v) is 8.39. The third kappa shape index (κ3) is 6.57. The topological polar surface area (TPSA) is 6.48 Å². The van der Waals surface area contributed by atoms with Crippen molar-refractivity contribution in [1.82, 2.24) is 0 Å². The van der Waals surface area contributed by atoms with E-state index in [-0.39, 0.29) is 0 Å². The second kappa shape index (κ2) is 15.5. The number of para-hydroxylation sites is 3. The second-order valence-corrected chi connectivity index (χ2v) is 14.5. The van der Waals surface area contributed by atoms with Gasteiger partial charge < -0.3 is 9.80 Å². The molecule has 0 spiro atoms. The summed E-state index contributed by atoms with van der Waals surface area (Å²) >= 11 is 0. The van der Waals surface area contributed by atoms with Crippen molar-refractivity contribution in [2.75, 3.05) is 9.80 Å². The standard InChI is InChI=1S/C56H40N2/c1-6-19-41(20-7-1)55-51-31-16-17-32-52(51)56(42-21-8-2-9-22-42)54-40-44(33-38-53(54)55)43-23-18-30-50(39-43)58(47-28-14-5-15-29-47)49-36-34-48(35-37-49)57(45-24-10-3-11-25-45)46-26-12-4-13-27-46/h1-40H. The normalized spacial score (nSPS) is 11.1. The molecule has 0 radical (unpaired) electrons. The Morgan fingerprint density at radius 3 is 1.00 bits per heavy atom. The smallest absolute Gasteiger partial charge is 0.0467 e. The van der Waals surface area contributed by atoms with E-state index in [9.17, 15) is 0 Å². The van der Waals surface area contributed by atoms with E-state index in [2.05, 4.69) is 252 Å². The second-order valence-electron chi connectivity index (χ2n) is 14.5. The first-order valence-electron chi connectivity index (χ1n) is 19.9. The Labute approximate surface area is 340 Å². The molecular formula is C56H40N2. The van der Waals surface area contributed by atoms with Gasteiger partial charge in [0, 0.05) is 34.1 Å². The van der Waals surface area contributed by atoms with Gasteiger partial charge in [-0.3, -0.25) is 0 Å². The predicted molar refractivity (Wildman–Crippen MR) is 247 cm³/mol. The first-order valence-corrected chi connectivity index (χ1v) is 19.9. The van der Waals surface area contributed by atoms with Crippen LogP contribution < -0.4 is 9.80 Å². The fraction of sp³-hybridized carbons (Fsp3) is 0. The molecule has 274 valence electrons. The molecular weight excluding hydrogens is 701 g/mol. The summed E-state index contributed by atoms with van der Waals surface area (Å²) in [5.74, 6) is 0. The van der Waals surface area contributed by atoms with Crippen LogP contribution in [0.4, 0.5) is 34.1 Å². The van der Waals surface area contributed by atoms with E-state index < -0.39 is 0 Å². The number of nitrogens with zero attached hydrogens (tertiary/aromatic N) is 2. The van der Waals surface area contributed by atoms with E-state index in [1.807, 2.05) is 0 Å². The lowest BCUT2D eigenvalue weighted by atomic mass is 9.85. The first kappa shape index (κ1) is 34.8. The molecule has 0 N–H and O–H groups in total. The van der Waals surface area contributed by atoms with Crippen LogP contribution in [0.25, 0.3) is 54.9 Å². The quantitative estimate of drug-likeness (QED) is 0.136. The Balaban J connectivity index is 1.11. The lowest BCUT2D eigenvalue weighted by Crippen LogP contribution is -2.12. The van der Waals surface area contributed by atoms with Crippen LogP contribution in [0.15, 0.2) is 243 Å². The number of anilines is 6. The Bertz CT molecular complexity index is 2920. The molecule has 10 aromatic carbocycles. The van der Waals surface area contributed by atoms with Crippen molar-refractivity contribution in [2.45, 2.75) is 0 Å². The van der Waals surface area contributed by atoms with Gasteiger partial charge in [0.1, 0.15) is 0 Å². The highest BCUT2D eigenvalue weighted by Gasteiger charge is 2.19. The first-order chi connectivity index (χ1) is 28.8. The molecule has 0 atom stereocenters. The molecule has 0 saturated carbocycles. The van der Waals surface area contributed by atoms with Crippen molar-refractivity contribution in [1.29, 1.82) is 0 Å². The zero-order valence-corrected chi connectivity index (χ0v) is 32.0. The van der Waals surface area contributed by atoms with Crippen molar-refractivity contribution in [3.05, 3.63) is 243 Å². The van der Waals surface area contributed by atoms with Gasteiger partial charge in [-0.2, -0.15) is 0 Å². The molecule has 0 aliphatic carbocycles. The van der Waals surface area contributed by atoms with Crippen LogP contribution in [0, 0.1) is 0 Å². The van der Waals surface area contributed by atoms with Crippen LogP contribution in [-0.2, 0) is 0 Å². The molecule has 2 nitrogen and oxygen atoms in total. The van der Waals surface area contributed by atoms with E-state index in [1.54, 1.807) is 0 Å². The predicted octanol–water partition coefficient (Wildman–Crippen LogP) is 15.9. The fourth-order valence-electron chi connectivity index (χ4n) is 8.39. The number of fused-ring (bicyclic) bond motifs is 2. The number of rotatable bonds is 9. The van der Waals surface area contributed by atoms with E-state index in [0.29, 0.717) is 0 Å². The Morgan fingerprint density at radius 2 is 0.517 bits per heavy atom. The third-order valence-corrected chi connectivity index (χ3v) is 11.0. The number of benzene rings is 10. The van der Waals surface area contributed by atoms with E-state index in [0.717, 1.165) is 39.7 Å². The molecule has 0 unspecified atom stereocenters. The summed E-state index contributed by atoms with van der Waals surface area (Å²) in [6.07, 6.45) is 0. The van der Waals surface area contributed by atoms with Crippen molar-refractivity contribution in [3.8, 4) is 33.4 Å². The maximum Gasteiger partial charge on any atom is 0.0467 e. The minimum absolute atomic E-state index is 1.08. The summed E-state index contributed by atoms with van der Waals surface area (Å²) < 4.78 is 0. The van der Waals surface area contributed by atoms with Gasteiger partial charge in [0.25, 0.3) is 0 Å². The lowest BCUT2D eigenvalue weighted by Gasteiger charge is -2.28. The van der Waals surface area contributed by atoms with Gasteiger partial charge >= 0.3 is 0 Å². The monoisotopic (exact) mass is 740 g/mol. The molecule has 0 bridgehead atoms. The maximum atomic E-state index is 2.40. The molecule has 0 fully saturated rings. The molecule has 0 aliphatic heterocycles. The Hall–Kier alpha value is -7.68. The molecule has 0 aliphatic rings. The van der Waals surface area contributed by atoms with Crippen molar-refractivity contribution >= 4 is 55.7 Å². The zero-order chi connectivity index (χ0) is 38.7. The summed E-state index contributed by atoms with van der Waals surface area (Å²) in [7, 11) is 0. The minimum atomic E-state index is 1.08. The van der Waals surface area contributed by atoms with Crippen molar-refractivity contribution in [2.24, 2.45) is 0 Å². The van der Waals surface area contributed by atoms with Gasteiger partial charge in [0.05, 0.1) is 0 Å². The van der Waals surface area contributed by atoms with Gasteiger partial charge in [-0.25, -0.2) is 0 Å². The highest BCUT2D eigenvalue weighted by molar-refractivity contribution is 6.22. The number of hydrogen-bond acceptors (Lipinski definition) is 2. The molecule has 58 heavy (non-hydrogen) atoms. The number of hydrogen-bond donors (Lipinski definition) is 0. The summed E-state index contributed by atoms with van der Waals surface area (Å²) in [4.78, 5) is 4.65. The van der Waals surface area contributed by atoms with E-state index in [1.165, 1.54) is 49.4 Å². The molecule has 0 aromatic heterocycles. The highest BCUT2D eigenvalue weighted by atomic mass is 15.2. The van der Waals surface area contributed by atoms with Crippen LogP contribution in [-0.4, -0.2) is 0 Å². The molecule has 0 amide bonds. The van der Waals surface area contributed by atoms with E-state index >= 15 is 0 Å². The summed E-state index contributed by atoms with van der Waals surface area (Å²) in [6.45, 7) is 0. The largest absolute Gasteiger partial charge is 0.311 e. The lowest BCUT2D eigenvalue weighted by molar-refractivity contribution is 1.26. The molecule has 0 saturated heterocycles. The Morgan fingerprint density at radius 1 is 0.190 bits per heavy atom. The van der Waals surface area contributed by atoms with Crippen LogP contribution in [0.2, 0.25) is 0 Å². The van der Waals surface area contributed by atoms with E-state index in [4.69, 9.17) is 0 Å². The molecule has 0 heterocycles. The zero-order valence-electron chi connectivity index (χ0n) is 32.0. The van der Waals surface area contributed by atoms with Crippen LogP contribution >= 0.6 is 0 Å².